The predicted molar refractivity (Wildman–Crippen MR) is 113 cm³/mol. The number of carbonyl (C=O) groups excluding carboxylic acids is 5. The van der Waals surface area contributed by atoms with Gasteiger partial charge in [0.05, 0.1) is 23.3 Å². The Balaban J connectivity index is 1.45. The molecule has 0 atom stereocenters. The lowest BCUT2D eigenvalue weighted by molar-refractivity contribution is -0.147. The summed E-state index contributed by atoms with van der Waals surface area (Å²) in [5.41, 5.74) is 1.20. The van der Waals surface area contributed by atoms with Gasteiger partial charge in [0, 0.05) is 5.69 Å². The first-order chi connectivity index (χ1) is 15.4. The van der Waals surface area contributed by atoms with Gasteiger partial charge in [-0.15, -0.1) is 0 Å². The molecule has 0 saturated heterocycles. The molecule has 3 amide bonds. The number of esters is 2. The van der Waals surface area contributed by atoms with Gasteiger partial charge in [-0.2, -0.15) is 0 Å². The maximum atomic E-state index is 12.3. The van der Waals surface area contributed by atoms with Crippen molar-refractivity contribution in [3.05, 3.63) is 65.2 Å². The van der Waals surface area contributed by atoms with Gasteiger partial charge >= 0.3 is 11.9 Å². The van der Waals surface area contributed by atoms with Crippen molar-refractivity contribution in [2.24, 2.45) is 0 Å². The zero-order valence-corrected chi connectivity index (χ0v) is 17.5. The van der Waals surface area contributed by atoms with Crippen LogP contribution >= 0.6 is 0 Å². The Morgan fingerprint density at radius 3 is 2.12 bits per heavy atom. The molecule has 2 aromatic carbocycles. The zero-order chi connectivity index (χ0) is 23.1. The highest BCUT2D eigenvalue weighted by atomic mass is 16.5. The summed E-state index contributed by atoms with van der Waals surface area (Å²) < 4.78 is 9.99. The first-order valence-electron chi connectivity index (χ1n) is 10.1. The van der Waals surface area contributed by atoms with Gasteiger partial charge in [0.15, 0.2) is 6.61 Å². The number of carbonyl (C=O) groups is 5. The van der Waals surface area contributed by atoms with E-state index in [1.54, 1.807) is 12.1 Å². The van der Waals surface area contributed by atoms with E-state index in [9.17, 15) is 24.0 Å². The van der Waals surface area contributed by atoms with E-state index in [-0.39, 0.29) is 11.1 Å². The number of anilines is 1. The summed E-state index contributed by atoms with van der Waals surface area (Å²) in [4.78, 5) is 61.2. The van der Waals surface area contributed by atoms with E-state index in [1.165, 1.54) is 36.4 Å². The van der Waals surface area contributed by atoms with E-state index < -0.39 is 42.8 Å². The highest BCUT2D eigenvalue weighted by Gasteiger charge is 2.36. The molecule has 1 N–H and O–H groups in total. The topological polar surface area (TPSA) is 119 Å². The Kier molecular flexibility index (Phi) is 7.33. The van der Waals surface area contributed by atoms with Gasteiger partial charge in [-0.3, -0.25) is 24.1 Å². The fourth-order valence-electron chi connectivity index (χ4n) is 2.98. The highest BCUT2D eigenvalue weighted by molar-refractivity contribution is 6.22. The molecular weight excluding hydrogens is 416 g/mol. The number of nitrogens with zero attached hydrogens (tertiary/aromatic N) is 1. The Morgan fingerprint density at radius 1 is 0.906 bits per heavy atom. The Labute approximate surface area is 184 Å². The van der Waals surface area contributed by atoms with E-state index >= 15 is 0 Å². The number of ether oxygens (including phenoxy) is 2. The summed E-state index contributed by atoms with van der Waals surface area (Å²) in [6.07, 6.45) is 1.70. The van der Waals surface area contributed by atoms with Crippen molar-refractivity contribution in [2.45, 2.75) is 19.8 Å². The lowest BCUT2D eigenvalue weighted by Gasteiger charge is -2.13. The molecule has 0 saturated carbocycles. The van der Waals surface area contributed by atoms with Gasteiger partial charge in [-0.25, -0.2) is 4.79 Å². The first kappa shape index (κ1) is 22.7. The molecule has 0 bridgehead atoms. The monoisotopic (exact) mass is 438 g/mol. The lowest BCUT2D eigenvalue weighted by atomic mass is 10.1. The van der Waals surface area contributed by atoms with Crippen LogP contribution in [0.3, 0.4) is 0 Å². The molecule has 0 aromatic heterocycles. The Morgan fingerprint density at radius 2 is 1.53 bits per heavy atom. The summed E-state index contributed by atoms with van der Waals surface area (Å²) in [6, 6.07) is 12.3. The summed E-state index contributed by atoms with van der Waals surface area (Å²) in [5.74, 6) is -3.11. The van der Waals surface area contributed by atoms with Crippen LogP contribution in [0.2, 0.25) is 0 Å². The third-order valence-corrected chi connectivity index (χ3v) is 4.67. The second-order valence-electron chi connectivity index (χ2n) is 7.02. The molecule has 0 radical (unpaired) electrons. The molecule has 1 aliphatic rings. The maximum Gasteiger partial charge on any atom is 0.338 e. The van der Waals surface area contributed by atoms with Crippen LogP contribution < -0.4 is 5.32 Å². The summed E-state index contributed by atoms with van der Waals surface area (Å²) >= 11 is 0. The molecule has 2 aromatic rings. The van der Waals surface area contributed by atoms with Crippen LogP contribution in [0.15, 0.2) is 48.5 Å². The van der Waals surface area contributed by atoms with Gasteiger partial charge in [0.1, 0.15) is 6.54 Å². The third kappa shape index (κ3) is 5.37. The molecular formula is C23H22N2O7. The SMILES string of the molecule is CCCCOC(=O)c1ccc(NC(=O)COC(=O)CN2C(=O)c3ccccc3C2=O)cc1. The van der Waals surface area contributed by atoms with Crippen molar-refractivity contribution in [1.29, 1.82) is 0 Å². The Bertz CT molecular complexity index is 1010. The number of benzene rings is 2. The number of unbranched alkanes of at least 4 members (excludes halogenated alkanes) is 1. The lowest BCUT2D eigenvalue weighted by Crippen LogP contribution is -2.36. The van der Waals surface area contributed by atoms with Crippen LogP contribution in [0.25, 0.3) is 0 Å². The molecule has 166 valence electrons. The van der Waals surface area contributed by atoms with Gasteiger partial charge in [-0.1, -0.05) is 25.5 Å². The molecule has 0 unspecified atom stereocenters. The number of hydrogen-bond donors (Lipinski definition) is 1. The smallest absolute Gasteiger partial charge is 0.338 e. The molecule has 0 fully saturated rings. The standard InChI is InChI=1S/C23H22N2O7/c1-2-3-12-31-23(30)15-8-10-16(11-9-15)24-19(26)14-32-20(27)13-25-21(28)17-6-4-5-7-18(17)22(25)29/h4-11H,2-3,12-14H2,1H3,(H,24,26). The van der Waals surface area contributed by atoms with Crippen molar-refractivity contribution < 1.29 is 33.4 Å². The average Bonchev–Trinajstić information content (AvgIpc) is 3.03. The van der Waals surface area contributed by atoms with Crippen LogP contribution in [0.4, 0.5) is 5.69 Å². The van der Waals surface area contributed by atoms with Crippen LogP contribution in [0.1, 0.15) is 50.8 Å². The third-order valence-electron chi connectivity index (χ3n) is 4.67. The van der Waals surface area contributed by atoms with Gasteiger partial charge in [-0.05, 0) is 42.8 Å². The first-order valence-corrected chi connectivity index (χ1v) is 10.1. The fourth-order valence-corrected chi connectivity index (χ4v) is 2.98. The van der Waals surface area contributed by atoms with E-state index in [0.717, 1.165) is 17.7 Å². The molecule has 0 spiro atoms. The molecule has 9 heteroatoms. The normalized spacial score (nSPS) is 12.3. The summed E-state index contributed by atoms with van der Waals surface area (Å²) in [7, 11) is 0. The number of nitrogens with one attached hydrogen (secondary N) is 1. The van der Waals surface area contributed by atoms with Crippen LogP contribution in [-0.4, -0.2) is 54.3 Å². The Hall–Kier alpha value is -4.01. The number of imide groups is 1. The molecule has 1 heterocycles. The zero-order valence-electron chi connectivity index (χ0n) is 17.5. The number of fused-ring (bicyclic) bond motifs is 1. The molecule has 3 rings (SSSR count). The van der Waals surface area contributed by atoms with Gasteiger partial charge in [0.25, 0.3) is 17.7 Å². The van der Waals surface area contributed by atoms with Crippen LogP contribution in [0.5, 0.6) is 0 Å². The van der Waals surface area contributed by atoms with Crippen LogP contribution in [0, 0.1) is 0 Å². The average molecular weight is 438 g/mol. The highest BCUT2D eigenvalue weighted by Crippen LogP contribution is 2.22. The molecule has 1 aliphatic heterocycles. The van der Waals surface area contributed by atoms with Gasteiger partial charge in [0.2, 0.25) is 0 Å². The number of rotatable bonds is 9. The van der Waals surface area contributed by atoms with Crippen molar-refractivity contribution in [2.75, 3.05) is 25.1 Å². The predicted octanol–water partition coefficient (Wildman–Crippen LogP) is 2.42. The van der Waals surface area contributed by atoms with Gasteiger partial charge < -0.3 is 14.8 Å². The second-order valence-corrected chi connectivity index (χ2v) is 7.02. The minimum Gasteiger partial charge on any atom is -0.462 e. The van der Waals surface area contributed by atoms with Crippen molar-refractivity contribution in [3.8, 4) is 0 Å². The van der Waals surface area contributed by atoms with Crippen molar-refractivity contribution in [1.82, 2.24) is 4.90 Å². The molecule has 0 aliphatic carbocycles. The van der Waals surface area contributed by atoms with E-state index in [2.05, 4.69) is 5.32 Å². The van der Waals surface area contributed by atoms with E-state index in [0.29, 0.717) is 17.9 Å². The van der Waals surface area contributed by atoms with Crippen molar-refractivity contribution >= 4 is 35.3 Å². The minimum atomic E-state index is -0.889. The van der Waals surface area contributed by atoms with E-state index in [4.69, 9.17) is 9.47 Å². The minimum absolute atomic E-state index is 0.223. The fraction of sp³-hybridized carbons (Fsp3) is 0.261. The van der Waals surface area contributed by atoms with Crippen molar-refractivity contribution in [3.63, 3.8) is 0 Å². The number of amides is 3. The second kappa shape index (κ2) is 10.3. The molecule has 9 nitrogen and oxygen atoms in total. The summed E-state index contributed by atoms with van der Waals surface area (Å²) in [6.45, 7) is 1.16. The van der Waals surface area contributed by atoms with E-state index in [1.807, 2.05) is 6.92 Å². The van der Waals surface area contributed by atoms with Crippen LogP contribution in [-0.2, 0) is 19.1 Å². The largest absolute Gasteiger partial charge is 0.462 e. The maximum absolute atomic E-state index is 12.3. The quantitative estimate of drug-likeness (QED) is 0.363. The molecule has 32 heavy (non-hydrogen) atoms. The number of hydrogen-bond acceptors (Lipinski definition) is 7. The summed E-state index contributed by atoms with van der Waals surface area (Å²) in [5, 5.41) is 2.53.